The number of ether oxygens (including phenoxy) is 1. The monoisotopic (exact) mass is 225 g/mol. The molecule has 1 aromatic heterocycles. The van der Waals surface area contributed by atoms with Crippen molar-refractivity contribution in [2.45, 2.75) is 26.4 Å². The summed E-state index contributed by atoms with van der Waals surface area (Å²) >= 11 is 0. The molecule has 88 valence electrons. The van der Waals surface area contributed by atoms with Crippen molar-refractivity contribution >= 4 is 6.09 Å². The third-order valence-corrected chi connectivity index (χ3v) is 1.70. The van der Waals surface area contributed by atoms with E-state index in [1.807, 2.05) is 0 Å². The SMILES string of the molecule is Cc1cncnc1OC(=O)NCC(C)(C)O. The van der Waals surface area contributed by atoms with Crippen molar-refractivity contribution in [3.8, 4) is 5.88 Å². The van der Waals surface area contributed by atoms with Crippen LogP contribution in [-0.2, 0) is 0 Å². The first-order valence-corrected chi connectivity index (χ1v) is 4.83. The summed E-state index contributed by atoms with van der Waals surface area (Å²) in [5.41, 5.74) is -0.305. The van der Waals surface area contributed by atoms with E-state index in [0.29, 0.717) is 5.56 Å². The fourth-order valence-corrected chi connectivity index (χ4v) is 0.907. The Labute approximate surface area is 93.7 Å². The molecule has 0 saturated heterocycles. The highest BCUT2D eigenvalue weighted by Crippen LogP contribution is 2.10. The zero-order valence-corrected chi connectivity index (χ0v) is 9.52. The third-order valence-electron chi connectivity index (χ3n) is 1.70. The normalized spacial score (nSPS) is 11.0. The Morgan fingerprint density at radius 1 is 1.62 bits per heavy atom. The quantitative estimate of drug-likeness (QED) is 0.788. The van der Waals surface area contributed by atoms with Gasteiger partial charge in [0.1, 0.15) is 6.33 Å². The highest BCUT2D eigenvalue weighted by molar-refractivity contribution is 5.70. The molecular weight excluding hydrogens is 210 g/mol. The number of aliphatic hydroxyl groups is 1. The maximum Gasteiger partial charge on any atom is 0.414 e. The number of nitrogens with one attached hydrogen (secondary N) is 1. The maximum atomic E-state index is 11.3. The fraction of sp³-hybridized carbons (Fsp3) is 0.500. The van der Waals surface area contributed by atoms with E-state index in [1.54, 1.807) is 27.0 Å². The number of aryl methyl sites for hydroxylation is 1. The second-order valence-corrected chi connectivity index (χ2v) is 4.07. The van der Waals surface area contributed by atoms with Crippen LogP contribution in [0.15, 0.2) is 12.5 Å². The standard InChI is InChI=1S/C10H15N3O3/c1-7-4-11-6-13-8(7)16-9(14)12-5-10(2,3)15/h4,6,15H,5H2,1-3H3,(H,12,14). The lowest BCUT2D eigenvalue weighted by atomic mass is 10.1. The zero-order valence-electron chi connectivity index (χ0n) is 9.52. The molecule has 0 bridgehead atoms. The van der Waals surface area contributed by atoms with E-state index in [2.05, 4.69) is 15.3 Å². The van der Waals surface area contributed by atoms with Crippen LogP contribution in [0.1, 0.15) is 19.4 Å². The van der Waals surface area contributed by atoms with Crippen molar-refractivity contribution in [2.24, 2.45) is 0 Å². The van der Waals surface area contributed by atoms with Crippen molar-refractivity contribution in [2.75, 3.05) is 6.54 Å². The number of aromatic nitrogens is 2. The molecule has 1 amide bonds. The molecule has 0 aliphatic carbocycles. The number of carbonyl (C=O) groups excluding carboxylic acids is 1. The number of amides is 1. The topological polar surface area (TPSA) is 84.3 Å². The van der Waals surface area contributed by atoms with E-state index in [0.717, 1.165) is 0 Å². The first-order valence-electron chi connectivity index (χ1n) is 4.83. The Kier molecular flexibility index (Phi) is 3.78. The van der Waals surface area contributed by atoms with Crippen molar-refractivity contribution < 1.29 is 14.6 Å². The summed E-state index contributed by atoms with van der Waals surface area (Å²) in [6, 6.07) is 0. The summed E-state index contributed by atoms with van der Waals surface area (Å²) in [4.78, 5) is 18.9. The maximum absolute atomic E-state index is 11.3. The van der Waals surface area contributed by atoms with E-state index >= 15 is 0 Å². The fourth-order valence-electron chi connectivity index (χ4n) is 0.907. The molecule has 0 aliphatic heterocycles. The molecule has 0 aliphatic rings. The summed E-state index contributed by atoms with van der Waals surface area (Å²) in [6.07, 6.45) is 2.20. The molecule has 0 spiro atoms. The van der Waals surface area contributed by atoms with Crippen molar-refractivity contribution in [3.63, 3.8) is 0 Å². The second-order valence-electron chi connectivity index (χ2n) is 4.07. The van der Waals surface area contributed by atoms with Crippen LogP contribution in [0.25, 0.3) is 0 Å². The summed E-state index contributed by atoms with van der Waals surface area (Å²) in [5, 5.41) is 11.8. The average Bonchev–Trinajstić information content (AvgIpc) is 2.18. The summed E-state index contributed by atoms with van der Waals surface area (Å²) in [7, 11) is 0. The molecule has 16 heavy (non-hydrogen) atoms. The number of hydrogen-bond donors (Lipinski definition) is 2. The molecule has 6 heteroatoms. The lowest BCUT2D eigenvalue weighted by Crippen LogP contribution is -2.39. The van der Waals surface area contributed by atoms with Gasteiger partial charge in [-0.3, -0.25) is 0 Å². The van der Waals surface area contributed by atoms with Gasteiger partial charge < -0.3 is 15.2 Å². The van der Waals surface area contributed by atoms with E-state index in [4.69, 9.17) is 4.74 Å². The molecule has 0 unspecified atom stereocenters. The lowest BCUT2D eigenvalue weighted by molar-refractivity contribution is 0.0790. The van der Waals surface area contributed by atoms with E-state index in [9.17, 15) is 9.90 Å². The number of carbonyl (C=O) groups is 1. The van der Waals surface area contributed by atoms with E-state index in [-0.39, 0.29) is 12.4 Å². The second kappa shape index (κ2) is 4.89. The summed E-state index contributed by atoms with van der Waals surface area (Å²) in [6.45, 7) is 5.01. The van der Waals surface area contributed by atoms with Crippen molar-refractivity contribution in [1.82, 2.24) is 15.3 Å². The van der Waals surface area contributed by atoms with Gasteiger partial charge in [-0.25, -0.2) is 14.8 Å². The van der Waals surface area contributed by atoms with Crippen LogP contribution in [0.2, 0.25) is 0 Å². The van der Waals surface area contributed by atoms with Gasteiger partial charge in [-0.2, -0.15) is 0 Å². The smallest absolute Gasteiger partial charge is 0.391 e. The number of nitrogens with zero attached hydrogens (tertiary/aromatic N) is 2. The molecular formula is C10H15N3O3. The van der Waals surface area contributed by atoms with E-state index < -0.39 is 11.7 Å². The number of rotatable bonds is 3. The molecule has 6 nitrogen and oxygen atoms in total. The predicted molar refractivity (Wildman–Crippen MR) is 57.1 cm³/mol. The van der Waals surface area contributed by atoms with Crippen LogP contribution in [0, 0.1) is 6.92 Å². The van der Waals surface area contributed by atoms with Crippen molar-refractivity contribution in [1.29, 1.82) is 0 Å². The molecule has 0 fully saturated rings. The van der Waals surface area contributed by atoms with Gasteiger partial charge in [-0.1, -0.05) is 0 Å². The predicted octanol–water partition coefficient (Wildman–Crippen LogP) is 0.644. The highest BCUT2D eigenvalue weighted by atomic mass is 16.6. The number of hydrogen-bond acceptors (Lipinski definition) is 5. The Balaban J connectivity index is 2.50. The van der Waals surface area contributed by atoms with Crippen LogP contribution in [0.5, 0.6) is 5.88 Å². The van der Waals surface area contributed by atoms with Gasteiger partial charge in [0, 0.05) is 18.3 Å². The summed E-state index contributed by atoms with van der Waals surface area (Å²) in [5.74, 6) is 0.211. The molecule has 0 radical (unpaired) electrons. The van der Waals surface area contributed by atoms with Gasteiger partial charge in [0.2, 0.25) is 5.88 Å². The molecule has 0 aromatic carbocycles. The summed E-state index contributed by atoms with van der Waals surface area (Å²) < 4.78 is 4.93. The molecule has 0 atom stereocenters. The van der Waals surface area contributed by atoms with Crippen LogP contribution < -0.4 is 10.1 Å². The molecule has 1 heterocycles. The van der Waals surface area contributed by atoms with Gasteiger partial charge in [0.05, 0.1) is 5.60 Å². The largest absolute Gasteiger partial charge is 0.414 e. The average molecular weight is 225 g/mol. The Morgan fingerprint density at radius 2 is 2.31 bits per heavy atom. The minimum Gasteiger partial charge on any atom is -0.391 e. The molecule has 0 saturated carbocycles. The van der Waals surface area contributed by atoms with Crippen LogP contribution in [0.3, 0.4) is 0 Å². The van der Waals surface area contributed by atoms with Gasteiger partial charge in [0.15, 0.2) is 0 Å². The molecule has 1 aromatic rings. The van der Waals surface area contributed by atoms with Crippen LogP contribution >= 0.6 is 0 Å². The van der Waals surface area contributed by atoms with Gasteiger partial charge >= 0.3 is 6.09 Å². The van der Waals surface area contributed by atoms with Gasteiger partial charge in [0.25, 0.3) is 0 Å². The Hall–Kier alpha value is -1.69. The lowest BCUT2D eigenvalue weighted by Gasteiger charge is -2.17. The third kappa shape index (κ3) is 4.22. The minimum absolute atomic E-state index is 0.107. The first kappa shape index (κ1) is 12.4. The van der Waals surface area contributed by atoms with Crippen LogP contribution in [0.4, 0.5) is 4.79 Å². The Bertz CT molecular complexity index is 374. The van der Waals surface area contributed by atoms with Crippen LogP contribution in [-0.4, -0.2) is 33.3 Å². The molecule has 1 rings (SSSR count). The zero-order chi connectivity index (χ0) is 12.2. The first-order chi connectivity index (χ1) is 7.38. The minimum atomic E-state index is -0.972. The van der Waals surface area contributed by atoms with Gasteiger partial charge in [-0.15, -0.1) is 0 Å². The van der Waals surface area contributed by atoms with Crippen molar-refractivity contribution in [3.05, 3.63) is 18.1 Å². The molecule has 2 N–H and O–H groups in total. The highest BCUT2D eigenvalue weighted by Gasteiger charge is 2.15. The van der Waals surface area contributed by atoms with E-state index in [1.165, 1.54) is 6.33 Å². The van der Waals surface area contributed by atoms with Gasteiger partial charge in [-0.05, 0) is 20.8 Å². The Morgan fingerprint density at radius 3 is 2.88 bits per heavy atom.